The number of halogens is 1. The lowest BCUT2D eigenvalue weighted by molar-refractivity contribution is -0.129. The Hall–Kier alpha value is -2.11. The van der Waals surface area contributed by atoms with Gasteiger partial charge >= 0.3 is 5.97 Å². The largest absolute Gasteiger partial charge is 0.449 e. The van der Waals surface area contributed by atoms with Crippen molar-refractivity contribution < 1.29 is 18.7 Å². The zero-order valence-corrected chi connectivity index (χ0v) is 10.5. The van der Waals surface area contributed by atoms with Gasteiger partial charge in [0.15, 0.2) is 6.10 Å². The lowest BCUT2D eigenvalue weighted by Crippen LogP contribution is -2.37. The highest BCUT2D eigenvalue weighted by Gasteiger charge is 2.27. The van der Waals surface area contributed by atoms with Crippen molar-refractivity contribution in [3.8, 4) is 0 Å². The summed E-state index contributed by atoms with van der Waals surface area (Å²) < 4.78 is 18.4. The van der Waals surface area contributed by atoms with E-state index in [9.17, 15) is 14.0 Å². The van der Waals surface area contributed by atoms with Crippen molar-refractivity contribution in [2.45, 2.75) is 31.9 Å². The zero-order chi connectivity index (χ0) is 14.0. The van der Waals surface area contributed by atoms with Gasteiger partial charge in [0.1, 0.15) is 5.82 Å². The third-order valence-corrected chi connectivity index (χ3v) is 2.79. The molecule has 0 saturated heterocycles. The molecule has 1 aliphatic carbocycles. The Balaban J connectivity index is 1.97. The molecular formula is C13H15FN2O3. The molecule has 1 unspecified atom stereocenters. The molecule has 2 rings (SSSR count). The van der Waals surface area contributed by atoms with Crippen LogP contribution < -0.4 is 11.1 Å². The smallest absolute Gasteiger partial charge is 0.341 e. The number of benzene rings is 1. The average molecular weight is 266 g/mol. The maximum Gasteiger partial charge on any atom is 0.341 e. The standard InChI is InChI=1S/C13H15FN2O3/c1-7(12(17)16-9-3-4-9)19-13(18)10-5-2-8(15)6-11(10)14/h2,5-7,9H,3-4,15H2,1H3,(H,16,17). The molecule has 0 bridgehead atoms. The van der Waals surface area contributed by atoms with Gasteiger partial charge in [0.05, 0.1) is 5.56 Å². The third-order valence-electron chi connectivity index (χ3n) is 2.79. The number of amides is 1. The van der Waals surface area contributed by atoms with Gasteiger partial charge in [-0.3, -0.25) is 4.79 Å². The van der Waals surface area contributed by atoms with Gasteiger partial charge in [-0.1, -0.05) is 0 Å². The number of rotatable bonds is 4. The number of anilines is 1. The number of ether oxygens (including phenoxy) is 1. The monoisotopic (exact) mass is 266 g/mol. The second kappa shape index (κ2) is 5.26. The van der Waals surface area contributed by atoms with Gasteiger partial charge in [-0.25, -0.2) is 9.18 Å². The van der Waals surface area contributed by atoms with Gasteiger partial charge in [0.25, 0.3) is 5.91 Å². The fraction of sp³-hybridized carbons (Fsp3) is 0.385. The van der Waals surface area contributed by atoms with Crippen LogP contribution in [0.3, 0.4) is 0 Å². The summed E-state index contributed by atoms with van der Waals surface area (Å²) in [6.45, 7) is 1.45. The van der Waals surface area contributed by atoms with Gasteiger partial charge < -0.3 is 15.8 Å². The Kier molecular flexibility index (Phi) is 3.69. The number of carbonyl (C=O) groups excluding carboxylic acids is 2. The lowest BCUT2D eigenvalue weighted by atomic mass is 10.2. The fourth-order valence-corrected chi connectivity index (χ4v) is 1.52. The number of hydrogen-bond acceptors (Lipinski definition) is 4. The molecule has 1 atom stereocenters. The molecule has 1 fully saturated rings. The van der Waals surface area contributed by atoms with E-state index >= 15 is 0 Å². The topological polar surface area (TPSA) is 81.4 Å². The molecule has 19 heavy (non-hydrogen) atoms. The molecular weight excluding hydrogens is 251 g/mol. The first-order chi connectivity index (χ1) is 8.97. The molecule has 1 amide bonds. The average Bonchev–Trinajstić information content (AvgIpc) is 3.12. The minimum Gasteiger partial charge on any atom is -0.449 e. The molecule has 0 radical (unpaired) electrons. The third kappa shape index (κ3) is 3.43. The summed E-state index contributed by atoms with van der Waals surface area (Å²) in [5, 5.41) is 2.70. The van der Waals surface area contributed by atoms with E-state index in [1.165, 1.54) is 19.1 Å². The van der Waals surface area contributed by atoms with Crippen LogP contribution in [0.2, 0.25) is 0 Å². The maximum absolute atomic E-state index is 13.5. The van der Waals surface area contributed by atoms with Gasteiger partial charge in [-0.05, 0) is 38.0 Å². The van der Waals surface area contributed by atoms with E-state index in [1.54, 1.807) is 0 Å². The van der Waals surface area contributed by atoms with Crippen molar-refractivity contribution in [3.05, 3.63) is 29.6 Å². The molecule has 1 saturated carbocycles. The summed E-state index contributed by atoms with van der Waals surface area (Å²) in [4.78, 5) is 23.3. The fourth-order valence-electron chi connectivity index (χ4n) is 1.52. The van der Waals surface area contributed by atoms with Crippen LogP contribution in [-0.4, -0.2) is 24.0 Å². The van der Waals surface area contributed by atoms with E-state index < -0.39 is 17.9 Å². The van der Waals surface area contributed by atoms with E-state index in [0.717, 1.165) is 18.9 Å². The van der Waals surface area contributed by atoms with Gasteiger partial charge in [-0.2, -0.15) is 0 Å². The van der Waals surface area contributed by atoms with Crippen molar-refractivity contribution in [2.75, 3.05) is 5.73 Å². The van der Waals surface area contributed by atoms with Crippen LogP contribution in [-0.2, 0) is 9.53 Å². The molecule has 102 valence electrons. The molecule has 3 N–H and O–H groups in total. The number of nitrogens with two attached hydrogens (primary N) is 1. The molecule has 5 nitrogen and oxygen atoms in total. The Bertz CT molecular complexity index is 515. The first kappa shape index (κ1) is 13.3. The first-order valence-corrected chi connectivity index (χ1v) is 6.03. The van der Waals surface area contributed by atoms with Crippen LogP contribution >= 0.6 is 0 Å². The van der Waals surface area contributed by atoms with Crippen molar-refractivity contribution in [1.82, 2.24) is 5.32 Å². The molecule has 1 aromatic rings. The maximum atomic E-state index is 13.5. The normalized spacial score (nSPS) is 15.7. The summed E-state index contributed by atoms with van der Waals surface area (Å²) in [6.07, 6.45) is 0.933. The summed E-state index contributed by atoms with van der Waals surface area (Å²) in [7, 11) is 0. The van der Waals surface area contributed by atoms with Crippen LogP contribution in [0.5, 0.6) is 0 Å². The molecule has 0 heterocycles. The van der Waals surface area contributed by atoms with Crippen molar-refractivity contribution in [1.29, 1.82) is 0 Å². The second-order valence-electron chi connectivity index (χ2n) is 4.57. The summed E-state index contributed by atoms with van der Waals surface area (Å²) in [6, 6.07) is 3.85. The van der Waals surface area contributed by atoms with E-state index in [0.29, 0.717) is 0 Å². The SMILES string of the molecule is CC(OC(=O)c1ccc(N)cc1F)C(=O)NC1CC1. The number of carbonyl (C=O) groups is 2. The number of nitrogen functional groups attached to an aromatic ring is 1. The van der Waals surface area contributed by atoms with Crippen LogP contribution in [0.4, 0.5) is 10.1 Å². The molecule has 0 spiro atoms. The summed E-state index contributed by atoms with van der Waals surface area (Å²) in [5.41, 5.74) is 5.36. The highest BCUT2D eigenvalue weighted by molar-refractivity contribution is 5.92. The minimum atomic E-state index is -0.954. The van der Waals surface area contributed by atoms with Crippen molar-refractivity contribution >= 4 is 17.6 Å². The minimum absolute atomic E-state index is 0.182. The van der Waals surface area contributed by atoms with Crippen LogP contribution in [0.1, 0.15) is 30.1 Å². The van der Waals surface area contributed by atoms with Crippen LogP contribution in [0, 0.1) is 5.82 Å². The zero-order valence-electron chi connectivity index (χ0n) is 10.5. The molecule has 1 aliphatic rings. The van der Waals surface area contributed by atoms with E-state index in [2.05, 4.69) is 5.32 Å². The van der Waals surface area contributed by atoms with Crippen LogP contribution in [0.15, 0.2) is 18.2 Å². The first-order valence-electron chi connectivity index (χ1n) is 6.03. The predicted octanol–water partition coefficient (Wildman–Crippen LogP) is 1.23. The summed E-state index contributed by atoms with van der Waals surface area (Å²) in [5.74, 6) is -2.01. The Morgan fingerprint density at radius 3 is 2.74 bits per heavy atom. The number of hydrogen-bond donors (Lipinski definition) is 2. The molecule has 0 aromatic heterocycles. The lowest BCUT2D eigenvalue weighted by Gasteiger charge is -2.13. The van der Waals surface area contributed by atoms with Crippen molar-refractivity contribution in [2.24, 2.45) is 0 Å². The quantitative estimate of drug-likeness (QED) is 0.634. The highest BCUT2D eigenvalue weighted by atomic mass is 19.1. The Morgan fingerprint density at radius 1 is 1.47 bits per heavy atom. The molecule has 0 aliphatic heterocycles. The molecule has 1 aromatic carbocycles. The van der Waals surface area contributed by atoms with Gasteiger partial charge in [0, 0.05) is 11.7 Å². The van der Waals surface area contributed by atoms with Gasteiger partial charge in [0.2, 0.25) is 0 Å². The Morgan fingerprint density at radius 2 is 2.16 bits per heavy atom. The predicted molar refractivity (Wildman–Crippen MR) is 66.9 cm³/mol. The molecule has 6 heteroatoms. The second-order valence-corrected chi connectivity index (χ2v) is 4.57. The summed E-state index contributed by atoms with van der Waals surface area (Å²) >= 11 is 0. The van der Waals surface area contributed by atoms with E-state index in [1.807, 2.05) is 0 Å². The van der Waals surface area contributed by atoms with E-state index in [-0.39, 0.29) is 23.2 Å². The van der Waals surface area contributed by atoms with Gasteiger partial charge in [-0.15, -0.1) is 0 Å². The van der Waals surface area contributed by atoms with E-state index in [4.69, 9.17) is 10.5 Å². The highest BCUT2D eigenvalue weighted by Crippen LogP contribution is 2.19. The number of esters is 1. The Labute approximate surface area is 109 Å². The van der Waals surface area contributed by atoms with Crippen molar-refractivity contribution in [3.63, 3.8) is 0 Å². The number of nitrogens with one attached hydrogen (secondary N) is 1. The van der Waals surface area contributed by atoms with Crippen LogP contribution in [0.25, 0.3) is 0 Å².